The van der Waals surface area contributed by atoms with Gasteiger partial charge < -0.3 is 4.74 Å². The van der Waals surface area contributed by atoms with Crippen molar-refractivity contribution in [1.82, 2.24) is 0 Å². The van der Waals surface area contributed by atoms with E-state index in [0.717, 1.165) is 32.7 Å². The number of rotatable bonds is 6. The van der Waals surface area contributed by atoms with Gasteiger partial charge in [-0.3, -0.25) is 9.98 Å². The van der Waals surface area contributed by atoms with Crippen LogP contribution in [0.2, 0.25) is 0 Å². The van der Waals surface area contributed by atoms with E-state index in [1.807, 2.05) is 116 Å². The summed E-state index contributed by atoms with van der Waals surface area (Å²) in [6.07, 6.45) is 3.68. The van der Waals surface area contributed by atoms with Crippen LogP contribution in [-0.2, 0) is 0 Å². The van der Waals surface area contributed by atoms with Crippen LogP contribution in [0.25, 0.3) is 0 Å². The number of benzene rings is 4. The molecule has 0 N–H and O–H groups in total. The molecule has 146 valence electrons. The zero-order chi connectivity index (χ0) is 20.6. The van der Waals surface area contributed by atoms with Crippen LogP contribution < -0.4 is 4.74 Å². The van der Waals surface area contributed by atoms with Gasteiger partial charge in [0.05, 0.1) is 5.69 Å². The first-order valence-electron chi connectivity index (χ1n) is 9.52. The van der Waals surface area contributed by atoms with Gasteiger partial charge in [-0.1, -0.05) is 76.6 Å². The fourth-order valence-electron chi connectivity index (χ4n) is 2.78. The molecule has 0 spiro atoms. The van der Waals surface area contributed by atoms with Crippen LogP contribution in [0.5, 0.6) is 11.5 Å². The van der Waals surface area contributed by atoms with E-state index >= 15 is 0 Å². The molecule has 0 saturated heterocycles. The maximum atomic E-state index is 6.08. The molecule has 0 atom stereocenters. The van der Waals surface area contributed by atoms with Gasteiger partial charge >= 0.3 is 0 Å². The van der Waals surface area contributed by atoms with Gasteiger partial charge in [-0.2, -0.15) is 0 Å². The number of ether oxygens (including phenoxy) is 1. The molecule has 3 nitrogen and oxygen atoms in total. The predicted octanol–water partition coefficient (Wildman–Crippen LogP) is 7.74. The fraction of sp³-hybridized carbons (Fsp3) is 0. The van der Waals surface area contributed by atoms with Crippen LogP contribution >= 0.6 is 15.9 Å². The first-order chi connectivity index (χ1) is 14.8. The highest BCUT2D eigenvalue weighted by atomic mass is 79.9. The van der Waals surface area contributed by atoms with Crippen molar-refractivity contribution in [1.29, 1.82) is 0 Å². The molecule has 4 heteroatoms. The summed E-state index contributed by atoms with van der Waals surface area (Å²) < 4.78 is 7.03. The first kappa shape index (κ1) is 19.8. The van der Waals surface area contributed by atoms with Crippen LogP contribution in [0, 0.1) is 0 Å². The molecule has 0 heterocycles. The van der Waals surface area contributed by atoms with Crippen LogP contribution in [-0.4, -0.2) is 12.4 Å². The van der Waals surface area contributed by atoms with Crippen molar-refractivity contribution in [2.24, 2.45) is 9.98 Å². The zero-order valence-electron chi connectivity index (χ0n) is 16.2. The van der Waals surface area contributed by atoms with Gasteiger partial charge in [-0.15, -0.1) is 0 Å². The Balaban J connectivity index is 1.50. The van der Waals surface area contributed by atoms with Crippen molar-refractivity contribution in [2.45, 2.75) is 0 Å². The second-order valence-corrected chi connectivity index (χ2v) is 7.46. The van der Waals surface area contributed by atoms with E-state index < -0.39 is 0 Å². The van der Waals surface area contributed by atoms with E-state index in [1.165, 1.54) is 0 Å². The smallest absolute Gasteiger partial charge is 0.153 e. The highest BCUT2D eigenvalue weighted by molar-refractivity contribution is 9.10. The Bertz CT molecular complexity index is 1150. The van der Waals surface area contributed by atoms with Gasteiger partial charge in [0.15, 0.2) is 5.75 Å². The summed E-state index contributed by atoms with van der Waals surface area (Å²) in [7, 11) is 0. The Hall–Kier alpha value is -3.50. The third-order valence-corrected chi connectivity index (χ3v) is 4.79. The molecule has 4 aromatic rings. The normalized spacial score (nSPS) is 11.2. The lowest BCUT2D eigenvalue weighted by atomic mass is 10.2. The molecule has 0 saturated carbocycles. The summed E-state index contributed by atoms with van der Waals surface area (Å²) in [5, 5.41) is 0. The SMILES string of the molecule is Brc1ccc(Oc2ccc(N=Cc3ccccc3)cc2)c(N=Cc2ccccc2)c1. The predicted molar refractivity (Wildman–Crippen MR) is 128 cm³/mol. The number of hydrogen-bond donors (Lipinski definition) is 0. The third-order valence-electron chi connectivity index (χ3n) is 4.30. The van der Waals surface area contributed by atoms with Crippen molar-refractivity contribution in [3.05, 3.63) is 119 Å². The van der Waals surface area contributed by atoms with Gasteiger partial charge in [0.2, 0.25) is 0 Å². The molecule has 4 rings (SSSR count). The maximum absolute atomic E-state index is 6.08. The van der Waals surface area contributed by atoms with E-state index in [4.69, 9.17) is 4.74 Å². The van der Waals surface area contributed by atoms with E-state index in [9.17, 15) is 0 Å². The minimum absolute atomic E-state index is 0.686. The molecule has 0 unspecified atom stereocenters. The van der Waals surface area contributed by atoms with Crippen molar-refractivity contribution >= 4 is 39.7 Å². The summed E-state index contributed by atoms with van der Waals surface area (Å²) in [6, 6.07) is 33.5. The highest BCUT2D eigenvalue weighted by Gasteiger charge is 2.05. The quantitative estimate of drug-likeness (QED) is 0.274. The maximum Gasteiger partial charge on any atom is 0.153 e. The average molecular weight is 455 g/mol. The van der Waals surface area contributed by atoms with E-state index in [0.29, 0.717) is 5.75 Å². The Kier molecular flexibility index (Phi) is 6.47. The van der Waals surface area contributed by atoms with Crippen molar-refractivity contribution in [2.75, 3.05) is 0 Å². The summed E-state index contributed by atoms with van der Waals surface area (Å²) in [5.41, 5.74) is 3.71. The first-order valence-corrected chi connectivity index (χ1v) is 10.3. The van der Waals surface area contributed by atoms with Crippen LogP contribution in [0.15, 0.2) is 118 Å². The van der Waals surface area contributed by atoms with Gasteiger partial charge in [-0.05, 0) is 53.6 Å². The summed E-state index contributed by atoms with van der Waals surface area (Å²) in [5.74, 6) is 1.41. The Morgan fingerprint density at radius 1 is 0.633 bits per heavy atom. The molecule has 4 aromatic carbocycles. The Morgan fingerprint density at radius 3 is 1.87 bits per heavy atom. The standard InChI is InChI=1S/C26H19BrN2O/c27-22-11-16-26(25(17-22)29-19-21-9-5-2-6-10-21)30-24-14-12-23(13-15-24)28-18-20-7-3-1-4-8-20/h1-19H. The summed E-state index contributed by atoms with van der Waals surface area (Å²) >= 11 is 3.51. The van der Waals surface area contributed by atoms with Crippen molar-refractivity contribution in [3.63, 3.8) is 0 Å². The number of hydrogen-bond acceptors (Lipinski definition) is 3. The van der Waals surface area contributed by atoms with E-state index in [-0.39, 0.29) is 0 Å². The molecule has 0 aliphatic rings. The molecule has 0 radical (unpaired) electrons. The monoisotopic (exact) mass is 454 g/mol. The van der Waals surface area contributed by atoms with Gasteiger partial charge in [0, 0.05) is 16.9 Å². The lowest BCUT2D eigenvalue weighted by Gasteiger charge is -2.09. The largest absolute Gasteiger partial charge is 0.455 e. The summed E-state index contributed by atoms with van der Waals surface area (Å²) in [6.45, 7) is 0. The second-order valence-electron chi connectivity index (χ2n) is 6.55. The average Bonchev–Trinajstić information content (AvgIpc) is 2.80. The molecule has 0 aliphatic carbocycles. The van der Waals surface area contributed by atoms with Gasteiger partial charge in [-0.25, -0.2) is 0 Å². The topological polar surface area (TPSA) is 34.0 Å². The third kappa shape index (κ3) is 5.52. The van der Waals surface area contributed by atoms with Crippen LogP contribution in [0.4, 0.5) is 11.4 Å². The fourth-order valence-corrected chi connectivity index (χ4v) is 3.13. The number of aliphatic imine (C=N–C) groups is 2. The van der Waals surface area contributed by atoms with Crippen LogP contribution in [0.1, 0.15) is 11.1 Å². The molecular weight excluding hydrogens is 436 g/mol. The van der Waals surface area contributed by atoms with Crippen LogP contribution in [0.3, 0.4) is 0 Å². The Labute approximate surface area is 184 Å². The molecule has 30 heavy (non-hydrogen) atoms. The van der Waals surface area contributed by atoms with Gasteiger partial charge in [0.25, 0.3) is 0 Å². The zero-order valence-corrected chi connectivity index (χ0v) is 17.7. The molecule has 0 bridgehead atoms. The highest BCUT2D eigenvalue weighted by Crippen LogP contribution is 2.34. The molecule has 0 fully saturated rings. The summed E-state index contributed by atoms with van der Waals surface area (Å²) in [4.78, 5) is 9.12. The molecular formula is C26H19BrN2O. The minimum atomic E-state index is 0.686. The second kappa shape index (κ2) is 9.81. The lowest BCUT2D eigenvalue weighted by molar-refractivity contribution is 0.484. The molecule has 0 aliphatic heterocycles. The lowest BCUT2D eigenvalue weighted by Crippen LogP contribution is -1.86. The van der Waals surface area contributed by atoms with E-state index in [2.05, 4.69) is 25.9 Å². The van der Waals surface area contributed by atoms with Crippen molar-refractivity contribution < 1.29 is 4.74 Å². The number of halogens is 1. The molecule has 0 aromatic heterocycles. The van der Waals surface area contributed by atoms with Crippen molar-refractivity contribution in [3.8, 4) is 11.5 Å². The Morgan fingerprint density at radius 2 is 1.23 bits per heavy atom. The molecule has 0 amide bonds. The number of nitrogens with zero attached hydrogens (tertiary/aromatic N) is 2. The van der Waals surface area contributed by atoms with E-state index in [1.54, 1.807) is 0 Å². The minimum Gasteiger partial charge on any atom is -0.455 e. The van der Waals surface area contributed by atoms with Gasteiger partial charge in [0.1, 0.15) is 11.4 Å².